The number of carbonyl (C=O) groups is 2. The van der Waals surface area contributed by atoms with Gasteiger partial charge in [0.05, 0.1) is 20.6 Å². The summed E-state index contributed by atoms with van der Waals surface area (Å²) in [5.41, 5.74) is 1.69. The van der Waals surface area contributed by atoms with Crippen LogP contribution in [0.4, 0.5) is 5.69 Å². The zero-order valence-corrected chi connectivity index (χ0v) is 26.6. The Morgan fingerprint density at radius 1 is 0.929 bits per heavy atom. The molecule has 0 spiro atoms. The van der Waals surface area contributed by atoms with E-state index in [0.717, 1.165) is 35.6 Å². The number of benzene rings is 3. The molecule has 1 aliphatic rings. The number of hydrogen-bond acceptors (Lipinski definition) is 4. The van der Waals surface area contributed by atoms with Gasteiger partial charge in [0.1, 0.15) is 12.6 Å². The van der Waals surface area contributed by atoms with E-state index >= 15 is 0 Å². The quantitative estimate of drug-likeness (QED) is 0.242. The average Bonchev–Trinajstić information content (AvgIpc) is 3.47. The van der Waals surface area contributed by atoms with E-state index in [0.29, 0.717) is 17.0 Å². The lowest BCUT2D eigenvalue weighted by molar-refractivity contribution is -0.140. The molecular weight excluding hydrogens is 617 g/mol. The Kier molecular flexibility index (Phi) is 10.8. The molecule has 0 aromatic heterocycles. The van der Waals surface area contributed by atoms with Gasteiger partial charge >= 0.3 is 0 Å². The number of hydrogen-bond donors (Lipinski definition) is 1. The van der Waals surface area contributed by atoms with Gasteiger partial charge in [0, 0.05) is 17.6 Å². The first kappa shape index (κ1) is 32.1. The highest BCUT2D eigenvalue weighted by Gasteiger charge is 2.35. The van der Waals surface area contributed by atoms with Crippen LogP contribution in [-0.2, 0) is 26.2 Å². The highest BCUT2D eigenvalue weighted by molar-refractivity contribution is 7.92. The van der Waals surface area contributed by atoms with Gasteiger partial charge in [-0.15, -0.1) is 0 Å². The largest absolute Gasteiger partial charge is 0.352 e. The Morgan fingerprint density at radius 2 is 1.60 bits per heavy atom. The smallest absolute Gasteiger partial charge is 0.264 e. The molecule has 42 heavy (non-hydrogen) atoms. The minimum Gasteiger partial charge on any atom is -0.352 e. The Hall–Kier alpha value is -2.78. The van der Waals surface area contributed by atoms with E-state index in [-0.39, 0.29) is 39.1 Å². The number of carbonyl (C=O) groups excluding carboxylic acids is 2. The van der Waals surface area contributed by atoms with Crippen molar-refractivity contribution >= 4 is 62.3 Å². The number of anilines is 1. The van der Waals surface area contributed by atoms with Crippen molar-refractivity contribution in [3.63, 3.8) is 0 Å². The lowest BCUT2D eigenvalue weighted by atomic mass is 10.1. The monoisotopic (exact) mass is 649 g/mol. The van der Waals surface area contributed by atoms with Crippen molar-refractivity contribution in [2.45, 2.75) is 69.5 Å². The first-order valence-electron chi connectivity index (χ1n) is 13.9. The second kappa shape index (κ2) is 14.1. The van der Waals surface area contributed by atoms with Crippen molar-refractivity contribution < 1.29 is 18.0 Å². The van der Waals surface area contributed by atoms with Gasteiger partial charge in [-0.25, -0.2) is 8.42 Å². The first-order chi connectivity index (χ1) is 20.0. The van der Waals surface area contributed by atoms with Gasteiger partial charge in [-0.05, 0) is 68.1 Å². The lowest BCUT2D eigenvalue weighted by Crippen LogP contribution is -2.53. The molecule has 0 aliphatic heterocycles. The highest BCUT2D eigenvalue weighted by atomic mass is 35.5. The van der Waals surface area contributed by atoms with E-state index in [1.807, 2.05) is 13.8 Å². The molecule has 4 rings (SSSR count). The van der Waals surface area contributed by atoms with E-state index < -0.39 is 28.5 Å². The van der Waals surface area contributed by atoms with Crippen molar-refractivity contribution in [1.29, 1.82) is 0 Å². The third-order valence-corrected chi connectivity index (χ3v) is 10.4. The summed E-state index contributed by atoms with van der Waals surface area (Å²) >= 11 is 18.9. The van der Waals surface area contributed by atoms with E-state index in [1.165, 1.54) is 35.2 Å². The fourth-order valence-corrected chi connectivity index (χ4v) is 7.00. The van der Waals surface area contributed by atoms with Gasteiger partial charge in [-0.1, -0.05) is 90.5 Å². The van der Waals surface area contributed by atoms with Crippen LogP contribution < -0.4 is 9.62 Å². The van der Waals surface area contributed by atoms with Crippen LogP contribution in [-0.4, -0.2) is 43.8 Å². The third kappa shape index (κ3) is 7.59. The SMILES string of the molecule is CC[C@H](C(=O)NC1CCCC1)N(Cc1ccccc1Cl)C(=O)CN(c1ccc(Cl)c(Cl)c1)S(=O)(=O)c1ccc(C)cc1. The van der Waals surface area contributed by atoms with E-state index in [4.69, 9.17) is 34.8 Å². The van der Waals surface area contributed by atoms with Crippen molar-refractivity contribution in [2.75, 3.05) is 10.8 Å². The average molecular weight is 651 g/mol. The maximum atomic E-state index is 14.2. The summed E-state index contributed by atoms with van der Waals surface area (Å²) in [5.74, 6) is -0.836. The molecule has 1 fully saturated rings. The van der Waals surface area contributed by atoms with E-state index in [9.17, 15) is 18.0 Å². The molecule has 0 saturated heterocycles. The number of halogens is 3. The van der Waals surface area contributed by atoms with Crippen LogP contribution >= 0.6 is 34.8 Å². The number of sulfonamides is 1. The molecule has 2 amide bonds. The summed E-state index contributed by atoms with van der Waals surface area (Å²) < 4.78 is 29.0. The van der Waals surface area contributed by atoms with Crippen LogP contribution in [0.25, 0.3) is 0 Å². The molecule has 224 valence electrons. The number of rotatable bonds is 11. The van der Waals surface area contributed by atoms with Crippen molar-refractivity contribution in [2.24, 2.45) is 0 Å². The third-order valence-electron chi connectivity index (χ3n) is 7.47. The highest BCUT2D eigenvalue weighted by Crippen LogP contribution is 2.31. The van der Waals surface area contributed by atoms with Crippen LogP contribution in [0.1, 0.15) is 50.2 Å². The fraction of sp³-hybridized carbons (Fsp3) is 0.355. The summed E-state index contributed by atoms with van der Waals surface area (Å²) in [6, 6.07) is 17.0. The Balaban J connectivity index is 1.74. The molecule has 1 aliphatic carbocycles. The molecule has 11 heteroatoms. The Labute approximate surface area is 262 Å². The van der Waals surface area contributed by atoms with Crippen LogP contribution in [0, 0.1) is 6.92 Å². The molecule has 3 aromatic rings. The second-order valence-corrected chi connectivity index (χ2v) is 13.5. The predicted molar refractivity (Wildman–Crippen MR) is 169 cm³/mol. The summed E-state index contributed by atoms with van der Waals surface area (Å²) in [4.78, 5) is 29.2. The summed E-state index contributed by atoms with van der Waals surface area (Å²) in [6.45, 7) is 3.12. The van der Waals surface area contributed by atoms with Gasteiger partial charge in [-0.3, -0.25) is 13.9 Å². The molecule has 0 bridgehead atoms. The topological polar surface area (TPSA) is 86.8 Å². The van der Waals surface area contributed by atoms with Crippen molar-refractivity contribution in [3.8, 4) is 0 Å². The van der Waals surface area contributed by atoms with Crippen molar-refractivity contribution in [1.82, 2.24) is 10.2 Å². The summed E-state index contributed by atoms with van der Waals surface area (Å²) in [6.07, 6.45) is 4.19. The molecular formula is C31H34Cl3N3O4S. The van der Waals surface area contributed by atoms with Crippen LogP contribution in [0.5, 0.6) is 0 Å². The zero-order valence-electron chi connectivity index (χ0n) is 23.5. The molecule has 7 nitrogen and oxygen atoms in total. The normalized spacial score (nSPS) is 14.4. The number of nitrogens with one attached hydrogen (secondary N) is 1. The minimum absolute atomic E-state index is 0.00986. The summed E-state index contributed by atoms with van der Waals surface area (Å²) in [7, 11) is -4.22. The van der Waals surface area contributed by atoms with Crippen LogP contribution in [0.2, 0.25) is 15.1 Å². The van der Waals surface area contributed by atoms with Crippen molar-refractivity contribution in [3.05, 3.63) is 92.9 Å². The predicted octanol–water partition coefficient (Wildman–Crippen LogP) is 7.02. The number of aryl methyl sites for hydroxylation is 1. The molecule has 0 radical (unpaired) electrons. The molecule has 1 N–H and O–H groups in total. The van der Waals surface area contributed by atoms with Gasteiger partial charge in [0.2, 0.25) is 11.8 Å². The first-order valence-corrected chi connectivity index (χ1v) is 16.5. The lowest BCUT2D eigenvalue weighted by Gasteiger charge is -2.34. The fourth-order valence-electron chi connectivity index (χ4n) is 5.10. The summed E-state index contributed by atoms with van der Waals surface area (Å²) in [5, 5.41) is 3.92. The molecule has 0 heterocycles. The maximum absolute atomic E-state index is 14.2. The Bertz CT molecular complexity index is 1530. The van der Waals surface area contributed by atoms with Crippen LogP contribution in [0.15, 0.2) is 71.6 Å². The van der Waals surface area contributed by atoms with Gasteiger partial charge in [0.25, 0.3) is 10.0 Å². The zero-order chi connectivity index (χ0) is 30.4. The molecule has 3 aromatic carbocycles. The van der Waals surface area contributed by atoms with Gasteiger partial charge < -0.3 is 10.2 Å². The van der Waals surface area contributed by atoms with E-state index in [2.05, 4.69) is 5.32 Å². The second-order valence-electron chi connectivity index (χ2n) is 10.5. The maximum Gasteiger partial charge on any atom is 0.264 e. The minimum atomic E-state index is -4.22. The molecule has 1 atom stereocenters. The standard InChI is InChI=1S/C31H34Cl3N3O4S/c1-3-29(31(39)35-23-9-5-6-10-23)36(19-22-8-4-7-11-26(22)32)30(38)20-37(24-14-17-27(33)28(34)18-24)42(40,41)25-15-12-21(2)13-16-25/h4,7-8,11-18,23,29H,3,5-6,9-10,19-20H2,1-2H3,(H,35,39)/t29-/m1/s1. The van der Waals surface area contributed by atoms with Gasteiger partial charge in [0.15, 0.2) is 0 Å². The number of nitrogens with zero attached hydrogens (tertiary/aromatic N) is 2. The number of amides is 2. The van der Waals surface area contributed by atoms with E-state index in [1.54, 1.807) is 36.4 Å². The van der Waals surface area contributed by atoms with Gasteiger partial charge in [-0.2, -0.15) is 0 Å². The Morgan fingerprint density at radius 3 is 2.21 bits per heavy atom. The molecule has 0 unspecified atom stereocenters. The van der Waals surface area contributed by atoms with Crippen LogP contribution in [0.3, 0.4) is 0 Å². The molecule has 1 saturated carbocycles.